The number of rotatable bonds is 3. The third-order valence-electron chi connectivity index (χ3n) is 4.68. The molecule has 24 heavy (non-hydrogen) atoms. The smallest absolute Gasteiger partial charge is 0.126 e. The van der Waals surface area contributed by atoms with E-state index in [0.29, 0.717) is 5.56 Å². The topological polar surface area (TPSA) is 0 Å². The lowest BCUT2D eigenvalue weighted by Crippen LogP contribution is -1.87. The summed E-state index contributed by atoms with van der Waals surface area (Å²) < 4.78 is 27.0. The van der Waals surface area contributed by atoms with Crippen LogP contribution in [-0.2, 0) is 12.8 Å². The molecule has 0 N–H and O–H groups in total. The minimum Gasteiger partial charge on any atom is -0.207 e. The average molecular weight is 320 g/mol. The summed E-state index contributed by atoms with van der Waals surface area (Å²) in [5.41, 5.74) is 7.89. The third kappa shape index (κ3) is 2.62. The predicted octanol–water partition coefficient (Wildman–Crippen LogP) is 6.16. The lowest BCUT2D eigenvalue weighted by molar-refractivity contribution is 0.584. The molecule has 3 aromatic carbocycles. The van der Waals surface area contributed by atoms with Gasteiger partial charge in [0.25, 0.3) is 0 Å². The van der Waals surface area contributed by atoms with Crippen LogP contribution in [0.5, 0.6) is 0 Å². The molecule has 0 atom stereocenters. The van der Waals surface area contributed by atoms with Gasteiger partial charge in [0, 0.05) is 6.07 Å². The molecule has 4 rings (SSSR count). The van der Waals surface area contributed by atoms with Gasteiger partial charge in [0.05, 0.1) is 0 Å². The molecule has 0 amide bonds. The van der Waals surface area contributed by atoms with E-state index in [2.05, 4.69) is 37.3 Å². The molecule has 0 bridgehead atoms. The minimum absolute atomic E-state index is 0.544. The quantitative estimate of drug-likeness (QED) is 0.424. The van der Waals surface area contributed by atoms with Crippen LogP contribution in [0, 0.1) is 11.6 Å². The zero-order valence-electron chi connectivity index (χ0n) is 13.6. The van der Waals surface area contributed by atoms with E-state index in [-0.39, 0.29) is 0 Å². The second kappa shape index (κ2) is 5.86. The average Bonchev–Trinajstić information content (AvgIpc) is 2.91. The highest BCUT2D eigenvalue weighted by atomic mass is 19.1. The summed E-state index contributed by atoms with van der Waals surface area (Å²) in [6.45, 7) is 2.19. The highest BCUT2D eigenvalue weighted by Gasteiger charge is 2.19. The van der Waals surface area contributed by atoms with Crippen LogP contribution in [0.1, 0.15) is 30.0 Å². The van der Waals surface area contributed by atoms with Crippen molar-refractivity contribution in [2.45, 2.75) is 26.2 Å². The normalized spacial score (nSPS) is 12.1. The van der Waals surface area contributed by atoms with Crippen molar-refractivity contribution < 1.29 is 8.78 Å². The molecular weight excluding hydrogens is 302 g/mol. The van der Waals surface area contributed by atoms with Crippen LogP contribution < -0.4 is 0 Å². The molecule has 0 radical (unpaired) electrons. The maximum absolute atomic E-state index is 13.5. The molecular formula is C22H18F2. The van der Waals surface area contributed by atoms with E-state index in [1.54, 1.807) is 0 Å². The van der Waals surface area contributed by atoms with Crippen molar-refractivity contribution in [3.05, 3.63) is 82.9 Å². The molecule has 0 fully saturated rings. The first-order chi connectivity index (χ1) is 11.6. The second-order valence-corrected chi connectivity index (χ2v) is 6.45. The van der Waals surface area contributed by atoms with E-state index in [1.807, 2.05) is 6.07 Å². The first kappa shape index (κ1) is 15.1. The Kier molecular flexibility index (Phi) is 3.68. The van der Waals surface area contributed by atoms with Crippen molar-refractivity contribution in [3.63, 3.8) is 0 Å². The first-order valence-corrected chi connectivity index (χ1v) is 8.35. The monoisotopic (exact) mass is 320 g/mol. The van der Waals surface area contributed by atoms with Crippen LogP contribution in [0.2, 0.25) is 0 Å². The van der Waals surface area contributed by atoms with Gasteiger partial charge in [-0.2, -0.15) is 0 Å². The number of hydrogen-bond donors (Lipinski definition) is 0. The van der Waals surface area contributed by atoms with Crippen molar-refractivity contribution >= 4 is 0 Å². The predicted molar refractivity (Wildman–Crippen MR) is 94.0 cm³/mol. The van der Waals surface area contributed by atoms with Gasteiger partial charge in [-0.05, 0) is 63.9 Å². The number of benzene rings is 3. The molecule has 1 aliphatic carbocycles. The highest BCUT2D eigenvalue weighted by Crippen LogP contribution is 2.39. The van der Waals surface area contributed by atoms with Crippen LogP contribution in [0.15, 0.2) is 54.6 Å². The Morgan fingerprint density at radius 3 is 2.12 bits per heavy atom. The summed E-state index contributed by atoms with van der Waals surface area (Å²) in [4.78, 5) is 0. The number of hydrogen-bond acceptors (Lipinski definition) is 0. The molecule has 2 heteroatoms. The fourth-order valence-corrected chi connectivity index (χ4v) is 3.61. The van der Waals surface area contributed by atoms with Crippen LogP contribution >= 0.6 is 0 Å². The van der Waals surface area contributed by atoms with Crippen molar-refractivity contribution in [2.75, 3.05) is 0 Å². The zero-order valence-corrected chi connectivity index (χ0v) is 13.6. The molecule has 0 nitrogen and oxygen atoms in total. The zero-order chi connectivity index (χ0) is 16.7. The van der Waals surface area contributed by atoms with Gasteiger partial charge in [0.15, 0.2) is 0 Å². The molecule has 0 saturated heterocycles. The molecule has 3 aromatic rings. The van der Waals surface area contributed by atoms with Gasteiger partial charge in [-0.3, -0.25) is 0 Å². The Morgan fingerprint density at radius 1 is 0.750 bits per heavy atom. The van der Waals surface area contributed by atoms with Crippen molar-refractivity contribution in [1.82, 2.24) is 0 Å². The number of halogens is 2. The lowest BCUT2D eigenvalue weighted by Gasteiger charge is -2.07. The fourth-order valence-electron chi connectivity index (χ4n) is 3.61. The van der Waals surface area contributed by atoms with Gasteiger partial charge in [-0.15, -0.1) is 0 Å². The van der Waals surface area contributed by atoms with Crippen molar-refractivity contribution in [1.29, 1.82) is 0 Å². The van der Waals surface area contributed by atoms with E-state index >= 15 is 0 Å². The standard InChI is InChI=1S/C22H18F2/c1-2-3-14-4-6-21-17(8-14)10-18-9-15(5-7-22(18)21)16-11-19(23)13-20(24)12-16/h4-9,11-13H,2-3,10H2,1H3. The van der Waals surface area contributed by atoms with Gasteiger partial charge in [0.2, 0.25) is 0 Å². The van der Waals surface area contributed by atoms with E-state index in [9.17, 15) is 8.78 Å². The molecule has 0 saturated carbocycles. The summed E-state index contributed by atoms with van der Waals surface area (Å²) in [5, 5.41) is 0. The highest BCUT2D eigenvalue weighted by molar-refractivity contribution is 5.80. The summed E-state index contributed by atoms with van der Waals surface area (Å²) in [6, 6.07) is 16.4. The van der Waals surface area contributed by atoms with Crippen molar-refractivity contribution in [3.8, 4) is 22.3 Å². The minimum atomic E-state index is -0.544. The van der Waals surface area contributed by atoms with Crippen LogP contribution in [-0.4, -0.2) is 0 Å². The van der Waals surface area contributed by atoms with Crippen LogP contribution in [0.4, 0.5) is 8.78 Å². The summed E-state index contributed by atoms with van der Waals surface area (Å²) in [6.07, 6.45) is 3.12. The van der Waals surface area contributed by atoms with E-state index in [0.717, 1.165) is 30.9 Å². The second-order valence-electron chi connectivity index (χ2n) is 6.45. The lowest BCUT2D eigenvalue weighted by atomic mass is 9.98. The van der Waals surface area contributed by atoms with Gasteiger partial charge in [-0.25, -0.2) is 8.78 Å². The van der Waals surface area contributed by atoms with E-state index in [1.165, 1.54) is 39.9 Å². The van der Waals surface area contributed by atoms with Crippen LogP contribution in [0.3, 0.4) is 0 Å². The van der Waals surface area contributed by atoms with Crippen LogP contribution in [0.25, 0.3) is 22.3 Å². The molecule has 0 aliphatic heterocycles. The largest absolute Gasteiger partial charge is 0.207 e. The molecule has 0 aromatic heterocycles. The molecule has 0 unspecified atom stereocenters. The Balaban J connectivity index is 1.74. The Morgan fingerprint density at radius 2 is 1.42 bits per heavy atom. The molecule has 0 spiro atoms. The van der Waals surface area contributed by atoms with E-state index < -0.39 is 11.6 Å². The van der Waals surface area contributed by atoms with Gasteiger partial charge < -0.3 is 0 Å². The summed E-state index contributed by atoms with van der Waals surface area (Å²) >= 11 is 0. The maximum atomic E-state index is 13.5. The Labute approximate surface area is 140 Å². The van der Waals surface area contributed by atoms with Gasteiger partial charge >= 0.3 is 0 Å². The number of fused-ring (bicyclic) bond motifs is 3. The maximum Gasteiger partial charge on any atom is 0.126 e. The summed E-state index contributed by atoms with van der Waals surface area (Å²) in [5.74, 6) is -1.09. The molecule has 1 aliphatic rings. The Hall–Kier alpha value is -2.48. The third-order valence-corrected chi connectivity index (χ3v) is 4.68. The van der Waals surface area contributed by atoms with E-state index in [4.69, 9.17) is 0 Å². The van der Waals surface area contributed by atoms with Crippen molar-refractivity contribution in [2.24, 2.45) is 0 Å². The van der Waals surface area contributed by atoms with Gasteiger partial charge in [0.1, 0.15) is 11.6 Å². The molecule has 120 valence electrons. The van der Waals surface area contributed by atoms with Gasteiger partial charge in [-0.1, -0.05) is 49.7 Å². The number of aryl methyl sites for hydroxylation is 1. The molecule has 0 heterocycles. The summed E-state index contributed by atoms with van der Waals surface area (Å²) in [7, 11) is 0. The Bertz CT molecular complexity index is 905. The first-order valence-electron chi connectivity index (χ1n) is 8.35. The SMILES string of the molecule is CCCc1ccc2c(c1)Cc1cc(-c3cc(F)cc(F)c3)ccc1-2. The fraction of sp³-hybridized carbons (Fsp3) is 0.182.